The molecule has 3 atom stereocenters. The third-order valence-corrected chi connectivity index (χ3v) is 6.91. The van der Waals surface area contributed by atoms with Gasteiger partial charge in [0.05, 0.1) is 5.69 Å². The number of amides is 1. The number of hydrogen-bond donors (Lipinski definition) is 1. The van der Waals surface area contributed by atoms with Gasteiger partial charge in [-0.1, -0.05) is 17.7 Å². The highest BCUT2D eigenvalue weighted by Gasteiger charge is 2.43. The van der Waals surface area contributed by atoms with E-state index in [1.165, 1.54) is 22.4 Å². The van der Waals surface area contributed by atoms with Crippen molar-refractivity contribution in [3.05, 3.63) is 46.3 Å². The second-order valence-electron chi connectivity index (χ2n) is 8.70. The quantitative estimate of drug-likeness (QED) is 0.841. The molecule has 1 aromatic heterocycles. The third kappa shape index (κ3) is 2.96. The number of nitrogens with zero attached hydrogens (tertiary/aromatic N) is 3. The zero-order valence-corrected chi connectivity index (χ0v) is 17.5. The number of rotatable bonds is 2. The van der Waals surface area contributed by atoms with Gasteiger partial charge in [0.1, 0.15) is 0 Å². The number of nitrogens with two attached hydrogens (primary N) is 1. The van der Waals surface area contributed by atoms with Crippen LogP contribution < -0.4 is 5.73 Å². The molecule has 3 aliphatic rings. The monoisotopic (exact) mass is 400 g/mol. The topological polar surface area (TPSA) is 64.2 Å². The lowest BCUT2D eigenvalue weighted by atomic mass is 9.98. The summed E-state index contributed by atoms with van der Waals surface area (Å²) in [6, 6.07) is 6.69. The Balaban J connectivity index is 0.00000192. The lowest BCUT2D eigenvalue weighted by molar-refractivity contribution is 0.0772. The highest BCUT2D eigenvalue weighted by atomic mass is 35.5. The van der Waals surface area contributed by atoms with Gasteiger partial charge in [0.2, 0.25) is 0 Å². The maximum absolute atomic E-state index is 13.3. The van der Waals surface area contributed by atoms with Crippen LogP contribution in [0, 0.1) is 25.7 Å². The Morgan fingerprint density at radius 3 is 2.75 bits per heavy atom. The van der Waals surface area contributed by atoms with Crippen molar-refractivity contribution in [2.24, 2.45) is 17.6 Å². The van der Waals surface area contributed by atoms with E-state index in [-0.39, 0.29) is 24.4 Å². The molecular weight excluding hydrogens is 372 g/mol. The summed E-state index contributed by atoms with van der Waals surface area (Å²) in [7, 11) is 0. The van der Waals surface area contributed by atoms with Gasteiger partial charge in [-0.15, -0.1) is 12.4 Å². The number of benzene rings is 1. The number of hydrogen-bond acceptors (Lipinski definition) is 3. The molecule has 2 N–H and O–H groups in total. The Morgan fingerprint density at radius 1 is 1.18 bits per heavy atom. The van der Waals surface area contributed by atoms with Crippen LogP contribution in [0.25, 0.3) is 5.69 Å². The average Bonchev–Trinajstić information content (AvgIpc) is 3.37. The van der Waals surface area contributed by atoms with E-state index in [4.69, 9.17) is 10.8 Å². The summed E-state index contributed by atoms with van der Waals surface area (Å²) in [5.41, 5.74) is 12.9. The molecule has 1 aromatic carbocycles. The van der Waals surface area contributed by atoms with Crippen molar-refractivity contribution in [3.8, 4) is 5.69 Å². The van der Waals surface area contributed by atoms with Crippen LogP contribution in [0.4, 0.5) is 0 Å². The molecule has 1 amide bonds. The first-order valence-corrected chi connectivity index (χ1v) is 10.3. The van der Waals surface area contributed by atoms with Crippen LogP contribution in [0.15, 0.2) is 18.2 Å². The van der Waals surface area contributed by atoms with E-state index in [9.17, 15) is 4.79 Å². The largest absolute Gasteiger partial charge is 0.337 e. The molecule has 2 aromatic rings. The molecule has 150 valence electrons. The zero-order valence-electron chi connectivity index (χ0n) is 16.6. The second kappa shape index (κ2) is 7.20. The number of halogens is 1. The summed E-state index contributed by atoms with van der Waals surface area (Å²) in [4.78, 5) is 15.4. The Hall–Kier alpha value is -1.85. The molecule has 3 unspecified atom stereocenters. The van der Waals surface area contributed by atoms with Crippen molar-refractivity contribution in [1.29, 1.82) is 0 Å². The zero-order chi connectivity index (χ0) is 18.7. The van der Waals surface area contributed by atoms with E-state index in [2.05, 4.69) is 32.0 Å². The summed E-state index contributed by atoms with van der Waals surface area (Å²) in [5, 5.41) is 4.84. The third-order valence-electron chi connectivity index (χ3n) is 6.91. The molecule has 0 radical (unpaired) electrons. The molecule has 2 aliphatic carbocycles. The maximum Gasteiger partial charge on any atom is 0.274 e. The predicted octanol–water partition coefficient (Wildman–Crippen LogP) is 3.21. The van der Waals surface area contributed by atoms with Crippen LogP contribution >= 0.6 is 12.4 Å². The van der Waals surface area contributed by atoms with Gasteiger partial charge in [-0.05, 0) is 69.4 Å². The van der Waals surface area contributed by atoms with E-state index in [1.807, 2.05) is 9.58 Å². The molecule has 1 saturated heterocycles. The van der Waals surface area contributed by atoms with Crippen LogP contribution in [0.3, 0.4) is 0 Å². The number of carbonyl (C=O) groups excluding carboxylic acids is 1. The van der Waals surface area contributed by atoms with Gasteiger partial charge >= 0.3 is 0 Å². The van der Waals surface area contributed by atoms with E-state index < -0.39 is 0 Å². The number of aromatic nitrogens is 2. The van der Waals surface area contributed by atoms with E-state index in [0.29, 0.717) is 17.5 Å². The smallest absolute Gasteiger partial charge is 0.274 e. The fourth-order valence-corrected chi connectivity index (χ4v) is 5.47. The van der Waals surface area contributed by atoms with Crippen molar-refractivity contribution in [3.63, 3.8) is 0 Å². The molecule has 5 nitrogen and oxygen atoms in total. The summed E-state index contributed by atoms with van der Waals surface area (Å²) < 4.78 is 2.03. The maximum atomic E-state index is 13.3. The summed E-state index contributed by atoms with van der Waals surface area (Å²) >= 11 is 0. The number of likely N-dealkylation sites (tertiary alicyclic amines) is 1. The van der Waals surface area contributed by atoms with Crippen molar-refractivity contribution in [1.82, 2.24) is 14.7 Å². The Kier molecular flexibility index (Phi) is 5.00. The van der Waals surface area contributed by atoms with Gasteiger partial charge in [-0.25, -0.2) is 4.68 Å². The van der Waals surface area contributed by atoms with Crippen molar-refractivity contribution < 1.29 is 4.79 Å². The molecular formula is C22H29ClN4O. The normalized spacial score (nSPS) is 25.5. The van der Waals surface area contributed by atoms with E-state index in [1.54, 1.807) is 0 Å². The van der Waals surface area contributed by atoms with E-state index >= 15 is 0 Å². The van der Waals surface area contributed by atoms with Gasteiger partial charge in [-0.3, -0.25) is 4.79 Å². The fourth-order valence-electron chi connectivity index (χ4n) is 5.47. The van der Waals surface area contributed by atoms with Crippen LogP contribution in [0.5, 0.6) is 0 Å². The SMILES string of the molecule is Cc1ccc(-n2nc(C(=O)N3CC4CCC(N)C4C3)c3c2CCC3)c(C)c1.Cl. The van der Waals surface area contributed by atoms with E-state index in [0.717, 1.165) is 50.9 Å². The summed E-state index contributed by atoms with van der Waals surface area (Å²) in [5.74, 6) is 1.17. The molecule has 1 saturated carbocycles. The first-order chi connectivity index (χ1) is 13.0. The van der Waals surface area contributed by atoms with Gasteiger partial charge in [0.25, 0.3) is 5.91 Å². The van der Waals surface area contributed by atoms with Gasteiger partial charge in [-0.2, -0.15) is 5.10 Å². The molecule has 6 heteroatoms. The molecule has 0 bridgehead atoms. The second-order valence-corrected chi connectivity index (χ2v) is 8.70. The predicted molar refractivity (Wildman–Crippen MR) is 112 cm³/mol. The van der Waals surface area contributed by atoms with Crippen molar-refractivity contribution >= 4 is 18.3 Å². The highest BCUT2D eigenvalue weighted by molar-refractivity contribution is 5.94. The standard InChI is InChI=1S/C22H28N4O.ClH/c1-13-6-9-19(14(2)10-13)26-20-5-3-4-16(20)21(24-26)22(27)25-11-15-7-8-18(23)17(15)12-25;/h6,9-10,15,17-18H,3-5,7-8,11-12,23H2,1-2H3;1H. The van der Waals surface area contributed by atoms with Crippen molar-refractivity contribution in [2.75, 3.05) is 13.1 Å². The van der Waals surface area contributed by atoms with Gasteiger partial charge in [0, 0.05) is 30.4 Å². The number of fused-ring (bicyclic) bond motifs is 2. The lowest BCUT2D eigenvalue weighted by Crippen LogP contribution is -2.34. The molecule has 2 heterocycles. The molecule has 28 heavy (non-hydrogen) atoms. The lowest BCUT2D eigenvalue weighted by Gasteiger charge is -2.18. The summed E-state index contributed by atoms with van der Waals surface area (Å²) in [6.07, 6.45) is 5.33. The highest BCUT2D eigenvalue weighted by Crippen LogP contribution is 2.38. The minimum absolute atomic E-state index is 0. The minimum atomic E-state index is 0. The molecule has 0 spiro atoms. The first kappa shape index (κ1) is 19.5. The van der Waals surface area contributed by atoms with Crippen LogP contribution in [-0.4, -0.2) is 39.7 Å². The van der Waals surface area contributed by atoms with Crippen molar-refractivity contribution in [2.45, 2.75) is 52.0 Å². The minimum Gasteiger partial charge on any atom is -0.337 e. The van der Waals surface area contributed by atoms with Gasteiger partial charge in [0.15, 0.2) is 5.69 Å². The molecule has 2 fully saturated rings. The Bertz CT molecular complexity index is 922. The first-order valence-electron chi connectivity index (χ1n) is 10.3. The Labute approximate surface area is 172 Å². The average molecular weight is 401 g/mol. The van der Waals surface area contributed by atoms with Crippen LogP contribution in [-0.2, 0) is 12.8 Å². The summed E-state index contributed by atoms with van der Waals surface area (Å²) in [6.45, 7) is 5.88. The van der Waals surface area contributed by atoms with Crippen LogP contribution in [0.2, 0.25) is 0 Å². The number of aryl methyl sites for hydroxylation is 2. The fraction of sp³-hybridized carbons (Fsp3) is 0.545. The number of carbonyl (C=O) groups is 1. The Morgan fingerprint density at radius 2 is 2.00 bits per heavy atom. The van der Waals surface area contributed by atoms with Gasteiger partial charge < -0.3 is 10.6 Å². The molecule has 5 rings (SSSR count). The molecule has 1 aliphatic heterocycles. The van der Waals surface area contributed by atoms with Crippen LogP contribution in [0.1, 0.15) is 52.1 Å².